The molecule has 0 N–H and O–H groups in total. The summed E-state index contributed by atoms with van der Waals surface area (Å²) < 4.78 is 20.7. The minimum atomic E-state index is -0.475. The van der Waals surface area contributed by atoms with E-state index >= 15 is 0 Å². The lowest BCUT2D eigenvalue weighted by Gasteiger charge is -2.29. The van der Waals surface area contributed by atoms with Gasteiger partial charge in [0.1, 0.15) is 12.4 Å². The third kappa shape index (κ3) is 6.71. The molecule has 0 bridgehead atoms. The van der Waals surface area contributed by atoms with Gasteiger partial charge in [-0.05, 0) is 36.2 Å². The second-order valence-corrected chi connectivity index (χ2v) is 7.51. The quantitative estimate of drug-likeness (QED) is 0.613. The van der Waals surface area contributed by atoms with Gasteiger partial charge in [-0.2, -0.15) is 0 Å². The Hall–Kier alpha value is -2.67. The summed E-state index contributed by atoms with van der Waals surface area (Å²) in [6.45, 7) is 5.54. The van der Waals surface area contributed by atoms with Crippen LogP contribution in [0.5, 0.6) is 0 Å². The van der Waals surface area contributed by atoms with Crippen LogP contribution in [0, 0.1) is 11.7 Å². The lowest BCUT2D eigenvalue weighted by atomic mass is 10.1. The molecule has 7 heteroatoms. The molecule has 0 fully saturated rings. The number of ether oxygens (including phenoxy) is 1. The first-order chi connectivity index (χ1) is 13.8. The summed E-state index contributed by atoms with van der Waals surface area (Å²) in [6, 6.07) is 9.44. The van der Waals surface area contributed by atoms with Gasteiger partial charge in [-0.3, -0.25) is 9.59 Å². The molecular weight excluding hydrogens is 373 g/mol. The molecule has 0 spiro atoms. The fourth-order valence-corrected chi connectivity index (χ4v) is 3.08. The van der Waals surface area contributed by atoms with Crippen molar-refractivity contribution < 1.29 is 18.7 Å². The summed E-state index contributed by atoms with van der Waals surface area (Å²) in [7, 11) is 3.51. The van der Waals surface area contributed by atoms with E-state index in [1.807, 2.05) is 43.8 Å². The second kappa shape index (κ2) is 10.8. The summed E-state index contributed by atoms with van der Waals surface area (Å²) in [4.78, 5) is 29.2. The molecule has 2 amide bonds. The van der Waals surface area contributed by atoms with Crippen molar-refractivity contribution in [1.82, 2.24) is 14.4 Å². The first-order valence-electron chi connectivity index (χ1n) is 9.73. The van der Waals surface area contributed by atoms with Crippen LogP contribution < -0.4 is 0 Å². The molecule has 0 saturated heterocycles. The molecule has 1 heterocycles. The SMILES string of the molecule is COCCN(Cc1cccn1C)C(=O)CN(CC(C)C)C(=O)c1cccc(F)c1. The van der Waals surface area contributed by atoms with E-state index in [4.69, 9.17) is 4.74 Å². The van der Waals surface area contributed by atoms with Gasteiger partial charge in [0, 0.05) is 44.7 Å². The number of halogens is 1. The molecule has 29 heavy (non-hydrogen) atoms. The molecule has 0 aliphatic rings. The molecule has 6 nitrogen and oxygen atoms in total. The van der Waals surface area contributed by atoms with Crippen LogP contribution in [0.3, 0.4) is 0 Å². The van der Waals surface area contributed by atoms with E-state index < -0.39 is 5.82 Å². The summed E-state index contributed by atoms with van der Waals surface area (Å²) in [5.74, 6) is -0.830. The number of rotatable bonds is 10. The predicted molar refractivity (Wildman–Crippen MR) is 110 cm³/mol. The van der Waals surface area contributed by atoms with Gasteiger partial charge in [0.05, 0.1) is 13.2 Å². The minimum absolute atomic E-state index is 0.0678. The highest BCUT2D eigenvalue weighted by Gasteiger charge is 2.24. The topological polar surface area (TPSA) is 54.8 Å². The molecular formula is C22H30FN3O3. The van der Waals surface area contributed by atoms with Gasteiger partial charge in [-0.15, -0.1) is 0 Å². The van der Waals surface area contributed by atoms with Crippen molar-refractivity contribution in [2.24, 2.45) is 13.0 Å². The zero-order chi connectivity index (χ0) is 21.4. The number of carbonyl (C=O) groups excluding carboxylic acids is 2. The molecule has 0 radical (unpaired) electrons. The Labute approximate surface area is 171 Å². The van der Waals surface area contributed by atoms with Crippen molar-refractivity contribution >= 4 is 11.8 Å². The molecule has 0 saturated carbocycles. The van der Waals surface area contributed by atoms with Crippen LogP contribution in [0.25, 0.3) is 0 Å². The molecule has 0 atom stereocenters. The van der Waals surface area contributed by atoms with Gasteiger partial charge >= 0.3 is 0 Å². The zero-order valence-corrected chi connectivity index (χ0v) is 17.6. The molecule has 2 rings (SSSR count). The first-order valence-corrected chi connectivity index (χ1v) is 9.73. The van der Waals surface area contributed by atoms with Crippen molar-refractivity contribution in [3.8, 4) is 0 Å². The Bertz CT molecular complexity index is 819. The number of aryl methyl sites for hydroxylation is 1. The Balaban J connectivity index is 2.18. The Morgan fingerprint density at radius 2 is 1.93 bits per heavy atom. The number of amides is 2. The number of carbonyl (C=O) groups is 2. The highest BCUT2D eigenvalue weighted by molar-refractivity contribution is 5.96. The Morgan fingerprint density at radius 1 is 1.17 bits per heavy atom. The van der Waals surface area contributed by atoms with E-state index in [-0.39, 0.29) is 29.8 Å². The van der Waals surface area contributed by atoms with Gasteiger partial charge in [-0.25, -0.2) is 4.39 Å². The highest BCUT2D eigenvalue weighted by atomic mass is 19.1. The minimum Gasteiger partial charge on any atom is -0.383 e. The number of hydrogen-bond donors (Lipinski definition) is 0. The van der Waals surface area contributed by atoms with Crippen molar-refractivity contribution in [2.45, 2.75) is 20.4 Å². The van der Waals surface area contributed by atoms with Gasteiger partial charge in [0.2, 0.25) is 5.91 Å². The summed E-state index contributed by atoms with van der Waals surface area (Å²) in [6.07, 6.45) is 1.92. The Kier molecular flexibility index (Phi) is 8.39. The number of hydrogen-bond acceptors (Lipinski definition) is 3. The smallest absolute Gasteiger partial charge is 0.254 e. The van der Waals surface area contributed by atoms with Crippen molar-refractivity contribution in [3.05, 3.63) is 59.7 Å². The van der Waals surface area contributed by atoms with E-state index in [9.17, 15) is 14.0 Å². The highest BCUT2D eigenvalue weighted by Crippen LogP contribution is 2.12. The van der Waals surface area contributed by atoms with E-state index in [0.717, 1.165) is 5.69 Å². The van der Waals surface area contributed by atoms with E-state index in [0.29, 0.717) is 26.2 Å². The van der Waals surface area contributed by atoms with Crippen molar-refractivity contribution in [2.75, 3.05) is 33.4 Å². The molecule has 1 aromatic heterocycles. The van der Waals surface area contributed by atoms with Gasteiger partial charge in [0.15, 0.2) is 0 Å². The first kappa shape index (κ1) is 22.6. The van der Waals surface area contributed by atoms with Crippen LogP contribution >= 0.6 is 0 Å². The number of benzene rings is 1. The standard InChI is InChI=1S/C22H30FN3O3/c1-17(2)14-26(22(28)18-7-5-8-19(23)13-18)16-21(27)25(11-12-29-4)15-20-9-6-10-24(20)3/h5-10,13,17H,11-12,14-16H2,1-4H3. The maximum atomic E-state index is 13.6. The Morgan fingerprint density at radius 3 is 2.52 bits per heavy atom. The van der Waals surface area contributed by atoms with Gasteiger partial charge in [0.25, 0.3) is 5.91 Å². The number of aromatic nitrogens is 1. The lowest BCUT2D eigenvalue weighted by Crippen LogP contribution is -2.45. The molecule has 0 unspecified atom stereocenters. The molecule has 1 aromatic carbocycles. The fourth-order valence-electron chi connectivity index (χ4n) is 3.08. The molecule has 158 valence electrons. The van der Waals surface area contributed by atoms with E-state index in [2.05, 4.69) is 0 Å². The van der Waals surface area contributed by atoms with Gasteiger partial charge in [-0.1, -0.05) is 19.9 Å². The maximum absolute atomic E-state index is 13.6. The average Bonchev–Trinajstić information content (AvgIpc) is 3.08. The summed E-state index contributed by atoms with van der Waals surface area (Å²) >= 11 is 0. The van der Waals surface area contributed by atoms with Crippen LogP contribution in [0.1, 0.15) is 29.9 Å². The second-order valence-electron chi connectivity index (χ2n) is 7.51. The number of nitrogens with zero attached hydrogens (tertiary/aromatic N) is 3. The van der Waals surface area contributed by atoms with Gasteiger partial charge < -0.3 is 19.1 Å². The molecule has 0 aliphatic carbocycles. The summed E-state index contributed by atoms with van der Waals surface area (Å²) in [5, 5.41) is 0. The third-order valence-corrected chi connectivity index (χ3v) is 4.59. The van der Waals surface area contributed by atoms with Crippen molar-refractivity contribution in [1.29, 1.82) is 0 Å². The lowest BCUT2D eigenvalue weighted by molar-refractivity contribution is -0.133. The molecule has 0 aliphatic heterocycles. The predicted octanol–water partition coefficient (Wildman–Crippen LogP) is 2.94. The largest absolute Gasteiger partial charge is 0.383 e. The van der Waals surface area contributed by atoms with Crippen LogP contribution in [-0.2, 0) is 23.1 Å². The van der Waals surface area contributed by atoms with Crippen LogP contribution in [0.15, 0.2) is 42.6 Å². The van der Waals surface area contributed by atoms with Crippen LogP contribution in [0.2, 0.25) is 0 Å². The van der Waals surface area contributed by atoms with Crippen LogP contribution in [0.4, 0.5) is 4.39 Å². The van der Waals surface area contributed by atoms with E-state index in [1.54, 1.807) is 18.1 Å². The third-order valence-electron chi connectivity index (χ3n) is 4.59. The van der Waals surface area contributed by atoms with Crippen molar-refractivity contribution in [3.63, 3.8) is 0 Å². The number of methoxy groups -OCH3 is 1. The fraction of sp³-hybridized carbons (Fsp3) is 0.455. The summed E-state index contributed by atoms with van der Waals surface area (Å²) in [5.41, 5.74) is 1.23. The molecule has 2 aromatic rings. The monoisotopic (exact) mass is 403 g/mol. The maximum Gasteiger partial charge on any atom is 0.254 e. The normalized spacial score (nSPS) is 11.0. The zero-order valence-electron chi connectivity index (χ0n) is 17.6. The average molecular weight is 403 g/mol. The van der Waals surface area contributed by atoms with Crippen LogP contribution in [-0.4, -0.2) is 59.5 Å². The van der Waals surface area contributed by atoms with E-state index in [1.165, 1.54) is 23.1 Å².